The molecule has 113 heavy (non-hydrogen) atoms. The number of nitrogens with two attached hydrogens (primary N) is 4. The van der Waals surface area contributed by atoms with Crippen LogP contribution in [-0.4, -0.2) is 218 Å². The number of aromatic nitrogens is 11. The van der Waals surface area contributed by atoms with Crippen LogP contribution in [0, 0.1) is 59.2 Å². The predicted octanol–water partition coefficient (Wildman–Crippen LogP) is 1.32. The second-order valence-corrected chi connectivity index (χ2v) is 30.7. The lowest BCUT2D eigenvalue weighted by Crippen LogP contribution is -2.37. The Hall–Kier alpha value is -12.7. The average Bonchev–Trinajstić information content (AvgIpc) is 1.59. The van der Waals surface area contributed by atoms with Crippen molar-refractivity contribution >= 4 is 47.3 Å². The summed E-state index contributed by atoms with van der Waals surface area (Å²) in [6.07, 6.45) is 18.2. The fourth-order valence-corrected chi connectivity index (χ4v) is 16.7. The molecule has 4 saturated heterocycles. The zero-order valence-corrected chi connectivity index (χ0v) is 62.7. The average molecular weight is 1530 g/mol. The van der Waals surface area contributed by atoms with Gasteiger partial charge in [-0.05, 0) is 150 Å². The highest BCUT2D eigenvalue weighted by Crippen LogP contribution is 2.52. The van der Waals surface area contributed by atoms with Gasteiger partial charge in [0.05, 0.1) is 22.8 Å². The molecule has 7 aromatic heterocycles. The molecule has 2 saturated carbocycles. The minimum Gasteiger partial charge on any atom is -0.369 e. The molecular weight excluding hydrogens is 1440 g/mol. The number of benzene rings is 1. The number of hydrogen-bond acceptors (Lipinski definition) is 19. The van der Waals surface area contributed by atoms with Gasteiger partial charge in [0.15, 0.2) is 40.2 Å². The fraction of sp³-hybridized carbons (Fsp3) is 0.402. The highest BCUT2D eigenvalue weighted by atomic mass is 16.3. The van der Waals surface area contributed by atoms with E-state index in [0.29, 0.717) is 113 Å². The largest absolute Gasteiger partial charge is 0.369 e. The first-order valence-electron chi connectivity index (χ1n) is 37.7. The van der Waals surface area contributed by atoms with Crippen LogP contribution >= 0.6 is 0 Å². The quantitative estimate of drug-likeness (QED) is 0.0994. The van der Waals surface area contributed by atoms with E-state index in [1.54, 1.807) is 102 Å². The van der Waals surface area contributed by atoms with Crippen LogP contribution in [0.3, 0.4) is 0 Å². The van der Waals surface area contributed by atoms with Gasteiger partial charge in [-0.15, -0.1) is 0 Å². The number of rotatable bonds is 8. The second-order valence-electron chi connectivity index (χ2n) is 30.7. The molecule has 12 N–H and O–H groups in total. The van der Waals surface area contributed by atoms with Gasteiger partial charge in [0, 0.05) is 161 Å². The number of likely N-dealkylation sites (tertiary alicyclic amines) is 4. The van der Waals surface area contributed by atoms with Crippen molar-refractivity contribution in [2.75, 3.05) is 54.4 Å². The Labute approximate surface area is 649 Å². The molecule has 8 aliphatic carbocycles. The van der Waals surface area contributed by atoms with Gasteiger partial charge >= 0.3 is 0 Å². The van der Waals surface area contributed by atoms with Crippen LogP contribution < -0.4 is 22.9 Å². The summed E-state index contributed by atoms with van der Waals surface area (Å²) in [5.41, 5.74) is 27.7. The number of amides is 8. The Bertz CT molecular complexity index is 5440. The first-order valence-corrected chi connectivity index (χ1v) is 37.7. The number of pyridine rings is 3. The van der Waals surface area contributed by atoms with Gasteiger partial charge in [-0.1, -0.05) is 53.4 Å². The molecule has 4 bridgehead atoms. The van der Waals surface area contributed by atoms with Crippen molar-refractivity contribution in [3.63, 3.8) is 0 Å². The minimum atomic E-state index is -1.65. The maximum absolute atomic E-state index is 12.1. The molecule has 20 rings (SSSR count). The topological polar surface area (TPSA) is 444 Å². The molecular formula is C82H83N19O12. The maximum atomic E-state index is 12.1. The molecule has 8 aromatic rings. The Morgan fingerprint density at radius 1 is 0.407 bits per heavy atom. The highest BCUT2D eigenvalue weighted by molar-refractivity contribution is 5.96. The molecule has 6 fully saturated rings. The number of primary amides is 4. The lowest BCUT2D eigenvalue weighted by atomic mass is 9.64. The molecule has 12 aliphatic rings. The summed E-state index contributed by atoms with van der Waals surface area (Å²) in [5, 5.41) is 59.6. The number of carbonyl (C=O) groups is 8. The van der Waals surface area contributed by atoms with E-state index in [-0.39, 0.29) is 48.6 Å². The number of hydrogen-bond donors (Lipinski definition) is 8. The summed E-state index contributed by atoms with van der Waals surface area (Å²) in [6.45, 7) is 1.91. The second kappa shape index (κ2) is 29.5. The Balaban J connectivity index is 0.000000119. The van der Waals surface area contributed by atoms with Gasteiger partial charge in [0.2, 0.25) is 22.4 Å². The third kappa shape index (κ3) is 14.3. The van der Waals surface area contributed by atoms with Crippen LogP contribution in [0.2, 0.25) is 0 Å². The summed E-state index contributed by atoms with van der Waals surface area (Å²) in [5.74, 6) is 22.4. The van der Waals surface area contributed by atoms with E-state index in [2.05, 4.69) is 82.7 Å². The number of likely N-dealkylation sites (N-methyl/N-ethyl adjacent to an activating group) is 4. The number of nitrogens with zero attached hydrogens (tertiary/aromatic N) is 15. The lowest BCUT2D eigenvalue weighted by molar-refractivity contribution is -0.138. The van der Waals surface area contributed by atoms with Crippen molar-refractivity contribution in [3.05, 3.63) is 169 Å². The molecule has 0 unspecified atom stereocenters. The molecule has 0 spiro atoms. The minimum absolute atomic E-state index is 0.280. The van der Waals surface area contributed by atoms with E-state index in [1.165, 1.54) is 19.6 Å². The SMILES string of the molecule is CN1CC[C@@](O)(C#Cc2cccc(-n3nc(C(N)=O)c4c3CCCC4)c2)C1=O.CN1CC[C@@](O)(C#Cc2ccnc(-n3nc(C(N)=O)c4c3C3CC(C4)C3)c2)C1=O.CN1CC[C@@](O)(C#Cc2ccnc(-n3nc(C(N)=O)c4c3C3CC(C4)C3)c2)C1=O.CN1CC[C@@](O)(C#Cc2ccnc(-n3nc(C(N)=O)c4c3CCC4)c2)C1=O. The Morgan fingerprint density at radius 2 is 0.726 bits per heavy atom. The van der Waals surface area contributed by atoms with Crippen LogP contribution in [0.1, 0.15) is 192 Å². The third-order valence-corrected chi connectivity index (χ3v) is 23.0. The summed E-state index contributed by atoms with van der Waals surface area (Å²) in [6, 6.07) is 17.7. The van der Waals surface area contributed by atoms with Gasteiger partial charge in [-0.2, -0.15) is 20.4 Å². The molecule has 31 nitrogen and oxygen atoms in total. The Kier molecular flexibility index (Phi) is 19.8. The van der Waals surface area contributed by atoms with E-state index in [1.807, 2.05) is 24.3 Å². The molecule has 0 radical (unpaired) electrons. The fourth-order valence-electron chi connectivity index (χ4n) is 16.7. The van der Waals surface area contributed by atoms with Crippen molar-refractivity contribution in [1.29, 1.82) is 0 Å². The first kappa shape index (κ1) is 75.7. The zero-order chi connectivity index (χ0) is 79.7. The van der Waals surface area contributed by atoms with Crippen LogP contribution in [0.4, 0.5) is 0 Å². The molecule has 1 aromatic carbocycles. The van der Waals surface area contributed by atoms with E-state index >= 15 is 0 Å². The van der Waals surface area contributed by atoms with Crippen LogP contribution in [0.5, 0.6) is 0 Å². The molecule has 11 heterocycles. The smallest absolute Gasteiger partial charge is 0.269 e. The van der Waals surface area contributed by atoms with Gasteiger partial charge < -0.3 is 63.0 Å². The van der Waals surface area contributed by atoms with Crippen molar-refractivity contribution in [3.8, 4) is 70.5 Å². The van der Waals surface area contributed by atoms with Crippen molar-refractivity contribution < 1.29 is 58.8 Å². The molecule has 4 aliphatic heterocycles. The van der Waals surface area contributed by atoms with Gasteiger partial charge in [0.25, 0.3) is 47.3 Å². The molecule has 578 valence electrons. The number of aliphatic hydroxyl groups is 4. The van der Waals surface area contributed by atoms with Crippen LogP contribution in [0.15, 0.2) is 79.3 Å². The normalized spacial score (nSPS) is 24.2. The Morgan fingerprint density at radius 3 is 1.10 bits per heavy atom. The maximum Gasteiger partial charge on any atom is 0.269 e. The van der Waals surface area contributed by atoms with Gasteiger partial charge in [-0.3, -0.25) is 38.4 Å². The van der Waals surface area contributed by atoms with Crippen molar-refractivity contribution in [1.82, 2.24) is 73.7 Å². The summed E-state index contributed by atoms with van der Waals surface area (Å²) >= 11 is 0. The predicted molar refractivity (Wildman–Crippen MR) is 405 cm³/mol. The summed E-state index contributed by atoms with van der Waals surface area (Å²) in [4.78, 5) is 115. The van der Waals surface area contributed by atoms with E-state index in [9.17, 15) is 58.8 Å². The van der Waals surface area contributed by atoms with Gasteiger partial charge in [0.1, 0.15) is 0 Å². The van der Waals surface area contributed by atoms with E-state index in [0.717, 1.165) is 134 Å². The van der Waals surface area contributed by atoms with Crippen LogP contribution in [0.25, 0.3) is 23.1 Å². The third-order valence-electron chi connectivity index (χ3n) is 23.0. The number of carbonyl (C=O) groups excluding carboxylic acids is 8. The van der Waals surface area contributed by atoms with Crippen molar-refractivity contribution in [2.45, 2.75) is 143 Å². The van der Waals surface area contributed by atoms with Crippen molar-refractivity contribution in [2.24, 2.45) is 34.8 Å². The number of fused-ring (bicyclic) bond motifs is 2. The van der Waals surface area contributed by atoms with Gasteiger partial charge in [-0.25, -0.2) is 33.7 Å². The zero-order valence-electron chi connectivity index (χ0n) is 62.7. The molecule has 4 atom stereocenters. The molecule has 8 amide bonds. The monoisotopic (exact) mass is 1530 g/mol. The summed E-state index contributed by atoms with van der Waals surface area (Å²) < 4.78 is 6.83. The highest BCUT2D eigenvalue weighted by Gasteiger charge is 2.48. The molecule has 31 heteroatoms. The van der Waals surface area contributed by atoms with E-state index < -0.39 is 46.0 Å². The van der Waals surface area contributed by atoms with E-state index in [4.69, 9.17) is 22.9 Å². The standard InChI is InChI=1S/2C21H21N5O3.C21H22N4O3.C19H19N5O3/c2*1-25-7-5-21(29,20(25)28)4-2-12-3-6-23-16(11-12)26-18-14-8-13(9-14)10-15(18)17(24-26)19(22)27;1-24-12-11-21(28,20(24)27)10-9-14-5-4-6-15(13-14)25-17-8-3-2-7-16(17)18(23-25)19(22)26;1-23-10-8-19(27,18(23)26)7-5-12-6-9-21-15(11-12)24-14-4-2-3-13(14)16(22-24)17(20)25/h2*3,6,11,13-14,29H,5,7-10H2,1H3,(H2,22,27);4-6,13,28H,2-3,7-8,11-12H2,1H3,(H2,22,26);6,9,11,27H,2-4,8,10H2,1H3,(H2,20,25)/t2*13?,14?,21-;21-;19-/m0000/s1. The lowest BCUT2D eigenvalue weighted by Gasteiger charge is -2.41. The van der Waals surface area contributed by atoms with Crippen LogP contribution in [-0.2, 0) is 57.7 Å². The first-order chi connectivity index (χ1) is 54.0. The summed E-state index contributed by atoms with van der Waals surface area (Å²) in [7, 11) is 6.59.